The van der Waals surface area contributed by atoms with Crippen molar-refractivity contribution < 1.29 is 5.21 Å². The number of nitrogens with zero attached hydrogens (tertiary/aromatic N) is 3. The summed E-state index contributed by atoms with van der Waals surface area (Å²) in [6.07, 6.45) is 5.07. The highest BCUT2D eigenvalue weighted by Crippen LogP contribution is 2.22. The molecule has 0 aromatic heterocycles. The van der Waals surface area contributed by atoms with Gasteiger partial charge in [-0.05, 0) is 6.42 Å². The predicted molar refractivity (Wildman–Crippen MR) is 74.7 cm³/mol. The number of rotatable bonds is 5. The first kappa shape index (κ1) is 16.2. The number of amidine groups is 1. The first-order valence-corrected chi connectivity index (χ1v) is 6.06. The van der Waals surface area contributed by atoms with Crippen molar-refractivity contribution in [3.8, 4) is 0 Å². The smallest absolute Gasteiger partial charge is 0.145 e. The average molecular weight is 262 g/mol. The van der Waals surface area contributed by atoms with Crippen LogP contribution in [-0.4, -0.2) is 41.8 Å². The molecule has 0 atom stereocenters. The molecule has 0 radical (unpaired) electrons. The summed E-state index contributed by atoms with van der Waals surface area (Å²) < 4.78 is 0. The highest BCUT2D eigenvalue weighted by Gasteiger charge is 2.27. The molecule has 0 aliphatic carbocycles. The summed E-state index contributed by atoms with van der Waals surface area (Å²) in [6, 6.07) is 0. The fourth-order valence-electron chi connectivity index (χ4n) is 1.96. The van der Waals surface area contributed by atoms with Gasteiger partial charge in [-0.15, -0.1) is 12.4 Å². The van der Waals surface area contributed by atoms with Gasteiger partial charge >= 0.3 is 0 Å². The van der Waals surface area contributed by atoms with Crippen LogP contribution in [-0.2, 0) is 0 Å². The van der Waals surface area contributed by atoms with Crippen molar-refractivity contribution in [2.45, 2.75) is 40.0 Å². The molecule has 1 N–H and O–H groups in total. The zero-order valence-corrected chi connectivity index (χ0v) is 11.8. The maximum atomic E-state index is 8.60. The fourth-order valence-corrected chi connectivity index (χ4v) is 1.96. The summed E-state index contributed by atoms with van der Waals surface area (Å²) in [5.41, 5.74) is 0.221. The number of unbranched alkanes of at least 4 members (excludes halogenated alkanes) is 2. The van der Waals surface area contributed by atoms with Gasteiger partial charge in [-0.2, -0.15) is 0 Å². The van der Waals surface area contributed by atoms with E-state index in [1.54, 1.807) is 0 Å². The molecule has 1 aliphatic rings. The minimum atomic E-state index is 0. The number of halogens is 1. The molecule has 0 fully saturated rings. The molecular formula is C12H24ClN3O. The Morgan fingerprint density at radius 2 is 2.18 bits per heavy atom. The lowest BCUT2D eigenvalue weighted by Crippen LogP contribution is -2.45. The fraction of sp³-hybridized carbons (Fsp3) is 0.833. The van der Waals surface area contributed by atoms with Crippen LogP contribution in [0.1, 0.15) is 40.0 Å². The molecule has 0 bridgehead atoms. The minimum absolute atomic E-state index is 0. The molecule has 0 spiro atoms. The van der Waals surface area contributed by atoms with Crippen LogP contribution < -0.4 is 0 Å². The third kappa shape index (κ3) is 5.39. The Balaban J connectivity index is 0.00000256. The minimum Gasteiger partial charge on any atom is -0.411 e. The van der Waals surface area contributed by atoms with Gasteiger partial charge in [-0.3, -0.25) is 4.99 Å². The Bertz CT molecular complexity index is 277. The molecular weight excluding hydrogens is 238 g/mol. The Hall–Kier alpha value is -0.770. The predicted octanol–water partition coefficient (Wildman–Crippen LogP) is 2.80. The lowest BCUT2D eigenvalue weighted by atomic mass is 9.91. The Morgan fingerprint density at radius 3 is 2.76 bits per heavy atom. The molecule has 5 heteroatoms. The quantitative estimate of drug-likeness (QED) is 0.358. The van der Waals surface area contributed by atoms with Crippen molar-refractivity contribution in [2.24, 2.45) is 15.6 Å². The molecule has 0 saturated carbocycles. The van der Waals surface area contributed by atoms with Crippen molar-refractivity contribution in [3.63, 3.8) is 0 Å². The second-order valence-electron chi connectivity index (χ2n) is 5.21. The molecule has 0 aromatic carbocycles. The third-order valence-electron chi connectivity index (χ3n) is 2.82. The monoisotopic (exact) mass is 261 g/mol. The van der Waals surface area contributed by atoms with E-state index in [-0.39, 0.29) is 17.8 Å². The number of oxime groups is 1. The molecule has 17 heavy (non-hydrogen) atoms. The standard InChI is InChI=1S/C12H23N3O.ClH/c1-4-5-6-7-15-10-12(2,3)9-13-11(15)8-14-16;/h8,16H,4-7,9-10H2,1-3H3;1H. The first-order chi connectivity index (χ1) is 7.59. The van der Waals surface area contributed by atoms with E-state index in [1.165, 1.54) is 25.5 Å². The Morgan fingerprint density at radius 1 is 1.47 bits per heavy atom. The van der Waals surface area contributed by atoms with Gasteiger partial charge in [-0.1, -0.05) is 38.8 Å². The number of hydrogen-bond acceptors (Lipinski definition) is 4. The van der Waals surface area contributed by atoms with Gasteiger partial charge < -0.3 is 10.1 Å². The van der Waals surface area contributed by atoms with Crippen molar-refractivity contribution in [1.29, 1.82) is 0 Å². The summed E-state index contributed by atoms with van der Waals surface area (Å²) in [5, 5.41) is 11.7. The lowest BCUT2D eigenvalue weighted by molar-refractivity contribution is 0.239. The van der Waals surface area contributed by atoms with Gasteiger partial charge in [0.2, 0.25) is 0 Å². The Kier molecular flexibility index (Phi) is 7.19. The van der Waals surface area contributed by atoms with Crippen molar-refractivity contribution in [3.05, 3.63) is 0 Å². The second kappa shape index (κ2) is 7.54. The molecule has 0 aromatic rings. The normalized spacial score (nSPS) is 19.0. The molecule has 0 amide bonds. The van der Waals surface area contributed by atoms with Crippen LogP contribution in [0.5, 0.6) is 0 Å². The van der Waals surface area contributed by atoms with Gasteiger partial charge in [-0.25, -0.2) is 0 Å². The van der Waals surface area contributed by atoms with Crippen LogP contribution in [0, 0.1) is 5.41 Å². The van der Waals surface area contributed by atoms with E-state index < -0.39 is 0 Å². The SMILES string of the molecule is CCCCCN1CC(C)(C)CN=C1C=NO.Cl. The first-order valence-electron chi connectivity index (χ1n) is 6.06. The molecule has 0 saturated heterocycles. The van der Waals surface area contributed by atoms with E-state index >= 15 is 0 Å². The molecule has 1 aliphatic heterocycles. The van der Waals surface area contributed by atoms with Crippen molar-refractivity contribution in [2.75, 3.05) is 19.6 Å². The zero-order chi connectivity index (χ0) is 12.0. The second-order valence-corrected chi connectivity index (χ2v) is 5.21. The summed E-state index contributed by atoms with van der Waals surface area (Å²) in [4.78, 5) is 6.69. The highest BCUT2D eigenvalue weighted by molar-refractivity contribution is 6.29. The molecule has 0 unspecified atom stereocenters. The molecule has 1 rings (SSSR count). The van der Waals surface area contributed by atoms with Crippen LogP contribution >= 0.6 is 12.4 Å². The lowest BCUT2D eigenvalue weighted by Gasteiger charge is -2.37. The van der Waals surface area contributed by atoms with E-state index in [0.717, 1.165) is 25.5 Å². The summed E-state index contributed by atoms with van der Waals surface area (Å²) in [6.45, 7) is 9.43. The van der Waals surface area contributed by atoms with E-state index in [2.05, 4.69) is 35.8 Å². The highest BCUT2D eigenvalue weighted by atomic mass is 35.5. The van der Waals surface area contributed by atoms with Gasteiger partial charge in [0.15, 0.2) is 0 Å². The summed E-state index contributed by atoms with van der Waals surface area (Å²) >= 11 is 0. The van der Waals surface area contributed by atoms with E-state index in [1.807, 2.05) is 0 Å². The van der Waals surface area contributed by atoms with E-state index in [0.29, 0.717) is 0 Å². The maximum Gasteiger partial charge on any atom is 0.145 e. The molecule has 100 valence electrons. The summed E-state index contributed by atoms with van der Waals surface area (Å²) in [7, 11) is 0. The number of aliphatic imine (C=N–C) groups is 1. The van der Waals surface area contributed by atoms with Gasteiger partial charge in [0, 0.05) is 25.0 Å². The van der Waals surface area contributed by atoms with Crippen LogP contribution in [0.25, 0.3) is 0 Å². The van der Waals surface area contributed by atoms with Crippen molar-refractivity contribution >= 4 is 24.5 Å². The Labute approximate surface area is 110 Å². The van der Waals surface area contributed by atoms with E-state index in [4.69, 9.17) is 5.21 Å². The van der Waals surface area contributed by atoms with Crippen molar-refractivity contribution in [1.82, 2.24) is 4.90 Å². The third-order valence-corrected chi connectivity index (χ3v) is 2.82. The largest absolute Gasteiger partial charge is 0.411 e. The topological polar surface area (TPSA) is 48.2 Å². The summed E-state index contributed by atoms with van der Waals surface area (Å²) in [5.74, 6) is 0.818. The van der Waals surface area contributed by atoms with Crippen LogP contribution in [0.4, 0.5) is 0 Å². The molecule has 4 nitrogen and oxygen atoms in total. The maximum absolute atomic E-state index is 8.60. The molecule has 1 heterocycles. The number of hydrogen-bond donors (Lipinski definition) is 1. The zero-order valence-electron chi connectivity index (χ0n) is 11.0. The van der Waals surface area contributed by atoms with Crippen LogP contribution in [0.2, 0.25) is 0 Å². The van der Waals surface area contributed by atoms with Gasteiger partial charge in [0.25, 0.3) is 0 Å². The van der Waals surface area contributed by atoms with Crippen LogP contribution in [0.15, 0.2) is 10.1 Å². The van der Waals surface area contributed by atoms with Gasteiger partial charge in [0.05, 0.1) is 0 Å². The van der Waals surface area contributed by atoms with E-state index in [9.17, 15) is 0 Å². The van der Waals surface area contributed by atoms with Crippen LogP contribution in [0.3, 0.4) is 0 Å². The average Bonchev–Trinajstić information content (AvgIpc) is 2.22. The van der Waals surface area contributed by atoms with Gasteiger partial charge in [0.1, 0.15) is 12.1 Å².